The summed E-state index contributed by atoms with van der Waals surface area (Å²) in [6, 6.07) is 10.1. The number of hydrogen-bond donors (Lipinski definition) is 2. The molecule has 176 valence electrons. The van der Waals surface area contributed by atoms with Gasteiger partial charge in [0.15, 0.2) is 0 Å². The van der Waals surface area contributed by atoms with Gasteiger partial charge in [-0.05, 0) is 48.6 Å². The Hall–Kier alpha value is -3.37. The number of alkyl halides is 3. The van der Waals surface area contributed by atoms with Crippen molar-refractivity contribution in [1.29, 1.82) is 0 Å². The van der Waals surface area contributed by atoms with Gasteiger partial charge in [0.2, 0.25) is 5.91 Å². The predicted molar refractivity (Wildman–Crippen MR) is 120 cm³/mol. The maximum atomic E-state index is 12.7. The van der Waals surface area contributed by atoms with E-state index in [9.17, 15) is 22.8 Å². The standard InChI is InChI=1S/C22H21F3N4O3.ClH/c23-22(24,25)16-4-8-19(9-5-16)28-12-14-29(15-13-28)21(31)11-7-18-3-1-2-17(26-18)6-10-20(30)27-32;/h1-11,32H,12-15H2,(H,27,30);1H/b10-6+,11-7+;. The molecule has 0 spiro atoms. The van der Waals surface area contributed by atoms with Crippen LogP contribution in [0, 0.1) is 0 Å². The Kier molecular flexibility index (Phi) is 9.01. The van der Waals surface area contributed by atoms with Crippen LogP contribution in [-0.4, -0.2) is 53.1 Å². The van der Waals surface area contributed by atoms with E-state index in [1.54, 1.807) is 29.2 Å². The second-order valence-electron chi connectivity index (χ2n) is 6.99. The number of anilines is 1. The number of aromatic nitrogens is 1. The van der Waals surface area contributed by atoms with Crippen LogP contribution in [0.2, 0.25) is 0 Å². The van der Waals surface area contributed by atoms with Gasteiger partial charge in [-0.15, -0.1) is 12.4 Å². The second-order valence-corrected chi connectivity index (χ2v) is 6.99. The van der Waals surface area contributed by atoms with Crippen molar-refractivity contribution >= 4 is 42.1 Å². The van der Waals surface area contributed by atoms with Crippen LogP contribution < -0.4 is 10.4 Å². The van der Waals surface area contributed by atoms with Crippen LogP contribution >= 0.6 is 12.4 Å². The number of nitrogens with zero attached hydrogens (tertiary/aromatic N) is 3. The molecule has 7 nitrogen and oxygen atoms in total. The lowest BCUT2D eigenvalue weighted by Gasteiger charge is -2.35. The van der Waals surface area contributed by atoms with Gasteiger partial charge < -0.3 is 9.80 Å². The Bertz CT molecular complexity index is 1020. The maximum Gasteiger partial charge on any atom is 0.416 e. The first-order valence-corrected chi connectivity index (χ1v) is 9.74. The lowest BCUT2D eigenvalue weighted by Crippen LogP contribution is -2.48. The van der Waals surface area contributed by atoms with Crippen LogP contribution in [0.3, 0.4) is 0 Å². The fraction of sp³-hybridized carbons (Fsp3) is 0.227. The summed E-state index contributed by atoms with van der Waals surface area (Å²) in [5, 5.41) is 8.49. The number of piperazine rings is 1. The molecule has 1 saturated heterocycles. The molecule has 33 heavy (non-hydrogen) atoms. The first-order chi connectivity index (χ1) is 15.3. The lowest BCUT2D eigenvalue weighted by atomic mass is 10.1. The summed E-state index contributed by atoms with van der Waals surface area (Å²) in [5.41, 5.74) is 2.48. The number of hydroxylamine groups is 1. The normalized spacial score (nSPS) is 14.4. The van der Waals surface area contributed by atoms with E-state index in [-0.39, 0.29) is 18.3 Å². The van der Waals surface area contributed by atoms with E-state index in [4.69, 9.17) is 5.21 Å². The van der Waals surface area contributed by atoms with Crippen molar-refractivity contribution in [2.45, 2.75) is 6.18 Å². The van der Waals surface area contributed by atoms with Crippen molar-refractivity contribution in [3.8, 4) is 0 Å². The van der Waals surface area contributed by atoms with Gasteiger partial charge in [-0.3, -0.25) is 14.8 Å². The van der Waals surface area contributed by atoms with Gasteiger partial charge in [-0.1, -0.05) is 6.07 Å². The van der Waals surface area contributed by atoms with Crippen molar-refractivity contribution in [2.24, 2.45) is 0 Å². The molecular weight excluding hydrogens is 461 g/mol. The molecule has 11 heteroatoms. The molecule has 1 aliphatic heterocycles. The highest BCUT2D eigenvalue weighted by Gasteiger charge is 2.30. The molecular formula is C22H22ClF3N4O3. The minimum atomic E-state index is -4.37. The highest BCUT2D eigenvalue weighted by molar-refractivity contribution is 5.92. The molecule has 0 saturated carbocycles. The van der Waals surface area contributed by atoms with Crippen molar-refractivity contribution in [3.05, 3.63) is 71.6 Å². The van der Waals surface area contributed by atoms with Crippen molar-refractivity contribution < 1.29 is 28.0 Å². The maximum absolute atomic E-state index is 12.7. The highest BCUT2D eigenvalue weighted by Crippen LogP contribution is 2.30. The number of hydrogen-bond acceptors (Lipinski definition) is 5. The number of pyridine rings is 1. The number of benzene rings is 1. The van der Waals surface area contributed by atoms with Crippen LogP contribution in [-0.2, 0) is 15.8 Å². The van der Waals surface area contributed by atoms with Gasteiger partial charge in [0.1, 0.15) is 0 Å². The third kappa shape index (κ3) is 7.33. The molecule has 2 amide bonds. The summed E-state index contributed by atoms with van der Waals surface area (Å²) in [7, 11) is 0. The third-order valence-electron chi connectivity index (χ3n) is 4.86. The third-order valence-corrected chi connectivity index (χ3v) is 4.86. The first kappa shape index (κ1) is 25.9. The highest BCUT2D eigenvalue weighted by atomic mass is 35.5. The van der Waals surface area contributed by atoms with E-state index in [0.29, 0.717) is 43.3 Å². The summed E-state index contributed by atoms with van der Waals surface area (Å²) in [4.78, 5) is 31.4. The minimum Gasteiger partial charge on any atom is -0.368 e. The van der Waals surface area contributed by atoms with Gasteiger partial charge in [0.05, 0.1) is 17.0 Å². The Balaban J connectivity index is 0.00000385. The molecule has 0 bridgehead atoms. The van der Waals surface area contributed by atoms with E-state index >= 15 is 0 Å². The second kappa shape index (κ2) is 11.5. The van der Waals surface area contributed by atoms with Gasteiger partial charge in [0.25, 0.3) is 5.91 Å². The van der Waals surface area contributed by atoms with Crippen molar-refractivity contribution in [1.82, 2.24) is 15.4 Å². The van der Waals surface area contributed by atoms with Gasteiger partial charge in [-0.2, -0.15) is 13.2 Å². The number of carbonyl (C=O) groups is 2. The quantitative estimate of drug-likeness (QED) is 0.387. The first-order valence-electron chi connectivity index (χ1n) is 9.74. The van der Waals surface area contributed by atoms with E-state index in [0.717, 1.165) is 18.2 Å². The molecule has 0 unspecified atom stereocenters. The number of carbonyl (C=O) groups excluding carboxylic acids is 2. The fourth-order valence-electron chi connectivity index (χ4n) is 3.16. The summed E-state index contributed by atoms with van der Waals surface area (Å²) in [5.74, 6) is -0.877. The zero-order valence-electron chi connectivity index (χ0n) is 17.3. The van der Waals surface area contributed by atoms with Crippen LogP contribution in [0.4, 0.5) is 18.9 Å². The van der Waals surface area contributed by atoms with Crippen LogP contribution in [0.5, 0.6) is 0 Å². The van der Waals surface area contributed by atoms with E-state index in [1.807, 2.05) is 4.90 Å². The molecule has 3 rings (SSSR count). The number of rotatable bonds is 5. The Morgan fingerprint density at radius 1 is 0.939 bits per heavy atom. The number of amides is 2. The molecule has 1 aliphatic rings. The monoisotopic (exact) mass is 482 g/mol. The van der Waals surface area contributed by atoms with Gasteiger partial charge in [-0.25, -0.2) is 10.5 Å². The van der Waals surface area contributed by atoms with E-state index in [1.165, 1.54) is 29.8 Å². The summed E-state index contributed by atoms with van der Waals surface area (Å²) < 4.78 is 38.1. The zero-order valence-corrected chi connectivity index (χ0v) is 18.1. The van der Waals surface area contributed by atoms with Gasteiger partial charge in [0, 0.05) is 44.0 Å². The van der Waals surface area contributed by atoms with Crippen LogP contribution in [0.25, 0.3) is 12.2 Å². The Morgan fingerprint density at radius 3 is 2.06 bits per heavy atom. The van der Waals surface area contributed by atoms with E-state index in [2.05, 4.69) is 4.98 Å². The average Bonchev–Trinajstić information content (AvgIpc) is 2.81. The smallest absolute Gasteiger partial charge is 0.368 e. The molecule has 2 aromatic rings. The predicted octanol–water partition coefficient (Wildman–Crippen LogP) is 3.40. The average molecular weight is 483 g/mol. The minimum absolute atomic E-state index is 0. The molecule has 1 fully saturated rings. The molecule has 2 heterocycles. The summed E-state index contributed by atoms with van der Waals surface area (Å²) in [6.45, 7) is 1.90. The molecule has 1 aromatic heterocycles. The lowest BCUT2D eigenvalue weighted by molar-refractivity contribution is -0.137. The Labute approximate surface area is 194 Å². The molecule has 1 aromatic carbocycles. The topological polar surface area (TPSA) is 85.8 Å². The van der Waals surface area contributed by atoms with Gasteiger partial charge >= 0.3 is 6.18 Å². The molecule has 2 N–H and O–H groups in total. The fourth-order valence-corrected chi connectivity index (χ4v) is 3.16. The van der Waals surface area contributed by atoms with Crippen molar-refractivity contribution in [2.75, 3.05) is 31.1 Å². The number of nitrogens with one attached hydrogen (secondary N) is 1. The zero-order chi connectivity index (χ0) is 23.1. The molecule has 0 atom stereocenters. The van der Waals surface area contributed by atoms with Crippen LogP contribution in [0.15, 0.2) is 54.6 Å². The largest absolute Gasteiger partial charge is 0.416 e. The summed E-state index contributed by atoms with van der Waals surface area (Å²) in [6.07, 6.45) is 1.15. The molecule has 0 radical (unpaired) electrons. The number of halogens is 4. The van der Waals surface area contributed by atoms with Crippen LogP contribution in [0.1, 0.15) is 17.0 Å². The summed E-state index contributed by atoms with van der Waals surface area (Å²) >= 11 is 0. The SMILES string of the molecule is Cl.O=C(/C=C/c1cccc(/C=C/C(=O)N2CCN(c3ccc(C(F)(F)F)cc3)CC2)n1)NO. The van der Waals surface area contributed by atoms with E-state index < -0.39 is 17.6 Å². The Morgan fingerprint density at radius 2 is 1.52 bits per heavy atom. The van der Waals surface area contributed by atoms with Crippen molar-refractivity contribution in [3.63, 3.8) is 0 Å². The molecule has 0 aliphatic carbocycles.